The standard InChI is InChI=1S/C7H3F5O2S/c8-4-1-3(2-15(12,13)14)5(9)7(11)6(4)10/h1H,2H2. The molecule has 0 aliphatic rings. The first-order valence-electron chi connectivity index (χ1n) is 3.46. The van der Waals surface area contributed by atoms with Gasteiger partial charge in [-0.3, -0.25) is 0 Å². The lowest BCUT2D eigenvalue weighted by molar-refractivity contribution is 0.405. The summed E-state index contributed by atoms with van der Waals surface area (Å²) in [4.78, 5) is 0. The Morgan fingerprint density at radius 2 is 1.53 bits per heavy atom. The lowest BCUT2D eigenvalue weighted by Crippen LogP contribution is -2.05. The summed E-state index contributed by atoms with van der Waals surface area (Å²) in [6.45, 7) is 0. The molecule has 1 rings (SSSR count). The third kappa shape index (κ3) is 2.65. The maximum absolute atomic E-state index is 12.8. The van der Waals surface area contributed by atoms with Crippen LogP contribution in [0.5, 0.6) is 0 Å². The molecule has 1 aromatic rings. The highest BCUT2D eigenvalue weighted by Crippen LogP contribution is 2.20. The lowest BCUT2D eigenvalue weighted by Gasteiger charge is -2.02. The van der Waals surface area contributed by atoms with Crippen molar-refractivity contribution in [3.05, 3.63) is 34.9 Å². The molecule has 0 saturated heterocycles. The Morgan fingerprint density at radius 3 is 2.00 bits per heavy atom. The molecule has 0 bridgehead atoms. The van der Waals surface area contributed by atoms with E-state index < -0.39 is 44.8 Å². The number of halogens is 5. The minimum absolute atomic E-state index is 0.0882. The predicted octanol–water partition coefficient (Wildman–Crippen LogP) is 2.04. The molecular formula is C7H3F5O2S. The summed E-state index contributed by atoms with van der Waals surface area (Å²) < 4.78 is 82.4. The summed E-state index contributed by atoms with van der Waals surface area (Å²) in [6, 6.07) is 0.0882. The molecule has 0 saturated carbocycles. The Hall–Kier alpha value is -1.18. The first-order valence-corrected chi connectivity index (χ1v) is 5.02. The fourth-order valence-corrected chi connectivity index (χ4v) is 1.49. The van der Waals surface area contributed by atoms with E-state index in [1.807, 2.05) is 0 Å². The number of hydrogen-bond donors (Lipinski definition) is 0. The molecule has 0 atom stereocenters. The Morgan fingerprint density at radius 1 is 1.00 bits per heavy atom. The van der Waals surface area contributed by atoms with Crippen molar-refractivity contribution in [2.75, 3.05) is 0 Å². The first-order chi connectivity index (χ1) is 6.72. The second-order valence-corrected chi connectivity index (χ2v) is 4.01. The van der Waals surface area contributed by atoms with E-state index in [4.69, 9.17) is 0 Å². The van der Waals surface area contributed by atoms with E-state index in [9.17, 15) is 29.9 Å². The van der Waals surface area contributed by atoms with Crippen molar-refractivity contribution in [1.82, 2.24) is 0 Å². The molecule has 0 spiro atoms. The maximum atomic E-state index is 12.8. The van der Waals surface area contributed by atoms with Gasteiger partial charge < -0.3 is 0 Å². The van der Waals surface area contributed by atoms with Crippen molar-refractivity contribution in [2.45, 2.75) is 5.75 Å². The average molecular weight is 246 g/mol. The summed E-state index contributed by atoms with van der Waals surface area (Å²) in [7, 11) is -5.14. The van der Waals surface area contributed by atoms with Crippen LogP contribution in [0.15, 0.2) is 6.07 Å². The van der Waals surface area contributed by atoms with Crippen LogP contribution in [0.4, 0.5) is 21.4 Å². The molecule has 0 aliphatic heterocycles. The molecule has 0 radical (unpaired) electrons. The predicted molar refractivity (Wildman–Crippen MR) is 40.0 cm³/mol. The number of benzene rings is 1. The van der Waals surface area contributed by atoms with Gasteiger partial charge in [-0.25, -0.2) is 17.6 Å². The molecule has 0 amide bonds. The van der Waals surface area contributed by atoms with Gasteiger partial charge in [0.05, 0.1) is 0 Å². The Balaban J connectivity index is 3.33. The van der Waals surface area contributed by atoms with Gasteiger partial charge in [-0.05, 0) is 6.07 Å². The fraction of sp³-hybridized carbons (Fsp3) is 0.143. The third-order valence-electron chi connectivity index (χ3n) is 1.51. The van der Waals surface area contributed by atoms with E-state index in [-0.39, 0.29) is 6.07 Å². The number of rotatable bonds is 2. The van der Waals surface area contributed by atoms with E-state index in [1.165, 1.54) is 0 Å². The first kappa shape index (κ1) is 11.9. The third-order valence-corrected chi connectivity index (χ3v) is 2.16. The topological polar surface area (TPSA) is 34.1 Å². The van der Waals surface area contributed by atoms with Crippen LogP contribution in [-0.4, -0.2) is 8.42 Å². The summed E-state index contributed by atoms with van der Waals surface area (Å²) >= 11 is 0. The largest absolute Gasteiger partial charge is 0.306 e. The second kappa shape index (κ2) is 3.76. The average Bonchev–Trinajstić information content (AvgIpc) is 2.08. The van der Waals surface area contributed by atoms with Crippen LogP contribution in [0.1, 0.15) is 5.56 Å². The quantitative estimate of drug-likeness (QED) is 0.346. The van der Waals surface area contributed by atoms with Gasteiger partial charge in [-0.1, -0.05) is 0 Å². The minimum Gasteiger partial charge on any atom is -0.204 e. The maximum Gasteiger partial charge on any atom is 0.306 e. The van der Waals surface area contributed by atoms with Gasteiger partial charge >= 0.3 is 10.2 Å². The summed E-state index contributed by atoms with van der Waals surface area (Å²) in [6.07, 6.45) is 0. The molecule has 0 heterocycles. The van der Waals surface area contributed by atoms with Crippen molar-refractivity contribution < 1.29 is 29.9 Å². The van der Waals surface area contributed by atoms with Crippen LogP contribution < -0.4 is 0 Å². The Kier molecular flexibility index (Phi) is 2.98. The lowest BCUT2D eigenvalue weighted by atomic mass is 10.2. The smallest absolute Gasteiger partial charge is 0.204 e. The number of hydrogen-bond acceptors (Lipinski definition) is 2. The van der Waals surface area contributed by atoms with Crippen LogP contribution in [0, 0.1) is 23.3 Å². The van der Waals surface area contributed by atoms with E-state index in [0.29, 0.717) is 0 Å². The van der Waals surface area contributed by atoms with Crippen LogP contribution in [0.3, 0.4) is 0 Å². The van der Waals surface area contributed by atoms with E-state index >= 15 is 0 Å². The zero-order valence-electron chi connectivity index (χ0n) is 6.90. The molecule has 0 aliphatic carbocycles. The highest BCUT2D eigenvalue weighted by molar-refractivity contribution is 7.85. The van der Waals surface area contributed by atoms with Gasteiger partial charge in [-0.15, -0.1) is 3.89 Å². The van der Waals surface area contributed by atoms with E-state index in [0.717, 1.165) is 0 Å². The van der Waals surface area contributed by atoms with Gasteiger partial charge in [0, 0.05) is 5.56 Å². The Bertz CT molecular complexity index is 497. The molecule has 0 aromatic heterocycles. The van der Waals surface area contributed by atoms with Crippen LogP contribution >= 0.6 is 0 Å². The van der Waals surface area contributed by atoms with Gasteiger partial charge in [-0.2, -0.15) is 8.42 Å². The molecule has 8 heteroatoms. The second-order valence-electron chi connectivity index (χ2n) is 2.64. The molecule has 0 unspecified atom stereocenters. The van der Waals surface area contributed by atoms with Gasteiger partial charge in [0.15, 0.2) is 23.3 Å². The van der Waals surface area contributed by atoms with Crippen LogP contribution in [0.25, 0.3) is 0 Å². The fourth-order valence-electron chi connectivity index (χ4n) is 0.913. The van der Waals surface area contributed by atoms with Crippen molar-refractivity contribution in [2.24, 2.45) is 0 Å². The summed E-state index contributed by atoms with van der Waals surface area (Å²) in [5, 5.41) is 0. The summed E-state index contributed by atoms with van der Waals surface area (Å²) in [5.74, 6) is -9.50. The van der Waals surface area contributed by atoms with Gasteiger partial charge in [0.1, 0.15) is 5.75 Å². The van der Waals surface area contributed by atoms with Crippen molar-refractivity contribution in [1.29, 1.82) is 0 Å². The molecule has 0 fully saturated rings. The van der Waals surface area contributed by atoms with Crippen LogP contribution in [0.2, 0.25) is 0 Å². The molecule has 15 heavy (non-hydrogen) atoms. The van der Waals surface area contributed by atoms with Gasteiger partial charge in [0.25, 0.3) is 0 Å². The van der Waals surface area contributed by atoms with Crippen molar-refractivity contribution in [3.63, 3.8) is 0 Å². The van der Waals surface area contributed by atoms with Crippen molar-refractivity contribution in [3.8, 4) is 0 Å². The highest BCUT2D eigenvalue weighted by atomic mass is 32.3. The molecule has 1 aromatic carbocycles. The van der Waals surface area contributed by atoms with Crippen molar-refractivity contribution >= 4 is 10.2 Å². The molecule has 0 N–H and O–H groups in total. The highest BCUT2D eigenvalue weighted by Gasteiger charge is 2.22. The monoisotopic (exact) mass is 246 g/mol. The van der Waals surface area contributed by atoms with Crippen LogP contribution in [-0.2, 0) is 16.0 Å². The molecular weight excluding hydrogens is 243 g/mol. The Labute approximate surface area is 81.5 Å². The van der Waals surface area contributed by atoms with E-state index in [2.05, 4.69) is 0 Å². The SMILES string of the molecule is O=S(=O)(F)Cc1cc(F)c(F)c(F)c1F. The minimum atomic E-state index is -5.14. The zero-order valence-corrected chi connectivity index (χ0v) is 7.72. The van der Waals surface area contributed by atoms with Gasteiger partial charge in [0.2, 0.25) is 0 Å². The molecule has 2 nitrogen and oxygen atoms in total. The zero-order chi connectivity index (χ0) is 11.8. The normalized spacial score (nSPS) is 11.8. The molecule has 84 valence electrons. The summed E-state index contributed by atoms with van der Waals surface area (Å²) in [5.41, 5.74) is -1.10. The van der Waals surface area contributed by atoms with E-state index in [1.54, 1.807) is 0 Å².